The molecule has 1 aromatic rings. The van der Waals surface area contributed by atoms with Crippen molar-refractivity contribution in [2.45, 2.75) is 51.0 Å². The van der Waals surface area contributed by atoms with Crippen molar-refractivity contribution in [1.82, 2.24) is 4.37 Å². The SMILES string of the molecule is CCCS(=O)(=O)c1c(N)nsc1NC(CC)CC. The molecule has 1 heterocycles. The summed E-state index contributed by atoms with van der Waals surface area (Å²) < 4.78 is 28.2. The lowest BCUT2D eigenvalue weighted by molar-refractivity contribution is 0.595. The molecular formula is C11H21N3O2S2. The Morgan fingerprint density at radius 2 is 1.94 bits per heavy atom. The van der Waals surface area contributed by atoms with Gasteiger partial charge in [0.1, 0.15) is 9.90 Å². The minimum atomic E-state index is -3.33. The smallest absolute Gasteiger partial charge is 0.185 e. The van der Waals surface area contributed by atoms with Crippen LogP contribution in [0.25, 0.3) is 0 Å². The summed E-state index contributed by atoms with van der Waals surface area (Å²) in [6.07, 6.45) is 2.44. The highest BCUT2D eigenvalue weighted by Crippen LogP contribution is 2.33. The first-order chi connectivity index (χ1) is 8.46. The molecule has 0 aliphatic heterocycles. The number of rotatable bonds is 7. The zero-order chi connectivity index (χ0) is 13.8. The Morgan fingerprint density at radius 1 is 1.33 bits per heavy atom. The standard InChI is InChI=1S/C11H21N3O2S2/c1-4-7-18(15,16)9-10(12)14-17-11(9)13-8(5-2)6-3/h8,13H,4-7H2,1-3H3,(H2,12,14). The van der Waals surface area contributed by atoms with Gasteiger partial charge in [0.2, 0.25) is 0 Å². The van der Waals surface area contributed by atoms with E-state index < -0.39 is 9.84 Å². The van der Waals surface area contributed by atoms with Crippen LogP contribution in [-0.4, -0.2) is 24.6 Å². The number of sulfone groups is 1. The second kappa shape index (κ2) is 6.38. The van der Waals surface area contributed by atoms with Crippen LogP contribution >= 0.6 is 11.5 Å². The topological polar surface area (TPSA) is 85.1 Å². The third-order valence-corrected chi connectivity index (χ3v) is 5.68. The van der Waals surface area contributed by atoms with Crippen LogP contribution < -0.4 is 11.1 Å². The summed E-state index contributed by atoms with van der Waals surface area (Å²) >= 11 is 1.12. The van der Waals surface area contributed by atoms with Crippen LogP contribution in [0.4, 0.5) is 10.8 Å². The molecule has 104 valence electrons. The molecular weight excluding hydrogens is 270 g/mol. The van der Waals surface area contributed by atoms with Crippen LogP contribution in [0.2, 0.25) is 0 Å². The van der Waals surface area contributed by atoms with Crippen LogP contribution in [-0.2, 0) is 9.84 Å². The number of aromatic nitrogens is 1. The molecule has 0 saturated carbocycles. The highest BCUT2D eigenvalue weighted by molar-refractivity contribution is 7.91. The molecule has 0 aromatic carbocycles. The summed E-state index contributed by atoms with van der Waals surface area (Å²) in [6.45, 7) is 5.96. The lowest BCUT2D eigenvalue weighted by atomic mass is 10.2. The number of nitrogens with one attached hydrogen (secondary N) is 1. The first-order valence-electron chi connectivity index (χ1n) is 6.20. The van der Waals surface area contributed by atoms with Gasteiger partial charge in [-0.05, 0) is 30.8 Å². The highest BCUT2D eigenvalue weighted by Gasteiger charge is 2.25. The molecule has 0 saturated heterocycles. The van der Waals surface area contributed by atoms with E-state index in [1.807, 2.05) is 6.92 Å². The van der Waals surface area contributed by atoms with Gasteiger partial charge in [0.15, 0.2) is 15.7 Å². The molecule has 5 nitrogen and oxygen atoms in total. The summed E-state index contributed by atoms with van der Waals surface area (Å²) in [5.74, 6) is 0.217. The maximum atomic E-state index is 12.1. The third kappa shape index (κ3) is 3.35. The fraction of sp³-hybridized carbons (Fsp3) is 0.727. The van der Waals surface area contributed by atoms with Crippen LogP contribution in [0.1, 0.15) is 40.0 Å². The minimum absolute atomic E-state index is 0.104. The van der Waals surface area contributed by atoms with Gasteiger partial charge in [-0.15, -0.1) is 0 Å². The van der Waals surface area contributed by atoms with Crippen molar-refractivity contribution in [2.75, 3.05) is 16.8 Å². The first-order valence-corrected chi connectivity index (χ1v) is 8.63. The van der Waals surface area contributed by atoms with Crippen molar-refractivity contribution >= 4 is 32.2 Å². The van der Waals surface area contributed by atoms with Gasteiger partial charge in [-0.3, -0.25) is 0 Å². The van der Waals surface area contributed by atoms with Crippen LogP contribution in [0.3, 0.4) is 0 Å². The molecule has 0 unspecified atom stereocenters. The molecule has 0 atom stereocenters. The number of nitrogen functional groups attached to an aromatic ring is 1. The molecule has 0 aliphatic carbocycles. The van der Waals surface area contributed by atoms with Crippen LogP contribution in [0.15, 0.2) is 4.90 Å². The molecule has 0 fully saturated rings. The van der Waals surface area contributed by atoms with E-state index in [-0.39, 0.29) is 22.5 Å². The van der Waals surface area contributed by atoms with E-state index in [0.29, 0.717) is 11.4 Å². The molecule has 7 heteroatoms. The van der Waals surface area contributed by atoms with Gasteiger partial charge in [-0.25, -0.2) is 8.42 Å². The maximum absolute atomic E-state index is 12.1. The molecule has 0 amide bonds. The molecule has 0 radical (unpaired) electrons. The molecule has 0 spiro atoms. The van der Waals surface area contributed by atoms with Gasteiger partial charge in [-0.1, -0.05) is 20.8 Å². The van der Waals surface area contributed by atoms with E-state index in [2.05, 4.69) is 23.5 Å². The number of anilines is 2. The average Bonchev–Trinajstić information content (AvgIpc) is 2.67. The normalized spacial score (nSPS) is 12.0. The van der Waals surface area contributed by atoms with Gasteiger partial charge < -0.3 is 11.1 Å². The van der Waals surface area contributed by atoms with E-state index in [1.54, 1.807) is 0 Å². The Kier molecular flexibility index (Phi) is 5.40. The average molecular weight is 291 g/mol. The zero-order valence-corrected chi connectivity index (χ0v) is 12.7. The lowest BCUT2D eigenvalue weighted by Gasteiger charge is -2.15. The molecule has 1 rings (SSSR count). The van der Waals surface area contributed by atoms with Crippen LogP contribution in [0.5, 0.6) is 0 Å². The van der Waals surface area contributed by atoms with Crippen LogP contribution in [0, 0.1) is 0 Å². The zero-order valence-electron chi connectivity index (χ0n) is 11.1. The second-order valence-electron chi connectivity index (χ2n) is 4.20. The monoisotopic (exact) mass is 291 g/mol. The van der Waals surface area contributed by atoms with E-state index in [9.17, 15) is 8.42 Å². The van der Waals surface area contributed by atoms with Gasteiger partial charge in [0, 0.05) is 6.04 Å². The highest BCUT2D eigenvalue weighted by atomic mass is 32.2. The molecule has 0 bridgehead atoms. The first kappa shape index (κ1) is 15.2. The quantitative estimate of drug-likeness (QED) is 0.806. The van der Waals surface area contributed by atoms with Crippen molar-refractivity contribution in [3.05, 3.63) is 0 Å². The van der Waals surface area contributed by atoms with Gasteiger partial charge in [0.25, 0.3) is 0 Å². The number of nitrogens with two attached hydrogens (primary N) is 1. The van der Waals surface area contributed by atoms with E-state index in [4.69, 9.17) is 5.73 Å². The summed E-state index contributed by atoms with van der Waals surface area (Å²) in [6, 6.07) is 0.250. The Morgan fingerprint density at radius 3 is 2.44 bits per heavy atom. The minimum Gasteiger partial charge on any atom is -0.382 e. The fourth-order valence-electron chi connectivity index (χ4n) is 1.74. The molecule has 3 N–H and O–H groups in total. The summed E-state index contributed by atoms with van der Waals surface area (Å²) in [5.41, 5.74) is 5.70. The number of hydrogen-bond donors (Lipinski definition) is 2. The number of hydrogen-bond acceptors (Lipinski definition) is 6. The molecule has 0 aliphatic rings. The Bertz CT molecular complexity index is 478. The third-order valence-electron chi connectivity index (χ3n) is 2.78. The predicted molar refractivity (Wildman–Crippen MR) is 76.9 cm³/mol. The molecule has 1 aromatic heterocycles. The lowest BCUT2D eigenvalue weighted by Crippen LogP contribution is -2.18. The summed E-state index contributed by atoms with van der Waals surface area (Å²) in [7, 11) is -3.33. The van der Waals surface area contributed by atoms with Crippen molar-refractivity contribution in [1.29, 1.82) is 0 Å². The second-order valence-corrected chi connectivity index (χ2v) is 7.02. The van der Waals surface area contributed by atoms with E-state index >= 15 is 0 Å². The van der Waals surface area contributed by atoms with Crippen molar-refractivity contribution in [3.63, 3.8) is 0 Å². The summed E-state index contributed by atoms with van der Waals surface area (Å²) in [4.78, 5) is 0.182. The number of nitrogens with zero attached hydrogens (tertiary/aromatic N) is 1. The fourth-order valence-corrected chi connectivity index (χ4v) is 4.42. The van der Waals surface area contributed by atoms with Gasteiger partial charge in [-0.2, -0.15) is 4.37 Å². The Labute approximate surface area is 113 Å². The van der Waals surface area contributed by atoms with E-state index in [1.165, 1.54) is 0 Å². The van der Waals surface area contributed by atoms with Crippen molar-refractivity contribution < 1.29 is 8.42 Å². The van der Waals surface area contributed by atoms with Crippen molar-refractivity contribution in [3.8, 4) is 0 Å². The van der Waals surface area contributed by atoms with Gasteiger partial charge >= 0.3 is 0 Å². The Hall–Kier alpha value is -0.820. The maximum Gasteiger partial charge on any atom is 0.185 e. The Balaban J connectivity index is 3.09. The molecule has 18 heavy (non-hydrogen) atoms. The summed E-state index contributed by atoms with van der Waals surface area (Å²) in [5, 5.41) is 3.81. The van der Waals surface area contributed by atoms with Gasteiger partial charge in [0.05, 0.1) is 5.75 Å². The largest absolute Gasteiger partial charge is 0.382 e. The van der Waals surface area contributed by atoms with Crippen molar-refractivity contribution in [2.24, 2.45) is 0 Å². The van der Waals surface area contributed by atoms with E-state index in [0.717, 1.165) is 24.4 Å². The predicted octanol–water partition coefficient (Wildman–Crippen LogP) is 2.51.